The predicted octanol–water partition coefficient (Wildman–Crippen LogP) is 3.33. The zero-order valence-corrected chi connectivity index (χ0v) is 13.6. The van der Waals surface area contributed by atoms with E-state index in [-0.39, 0.29) is 11.9 Å². The van der Waals surface area contributed by atoms with Crippen molar-refractivity contribution in [3.63, 3.8) is 0 Å². The SMILES string of the molecule is CCCCCC(C)NC(=O)Cc1ccc(OC)c(OC)c1. The molecule has 0 aromatic heterocycles. The average Bonchev–Trinajstić information content (AvgIpc) is 2.47. The summed E-state index contributed by atoms with van der Waals surface area (Å²) in [4.78, 5) is 12.0. The first kappa shape index (κ1) is 17.3. The smallest absolute Gasteiger partial charge is 0.224 e. The Morgan fingerprint density at radius 1 is 1.19 bits per heavy atom. The molecule has 1 rings (SSSR count). The average molecular weight is 293 g/mol. The second-order valence-corrected chi connectivity index (χ2v) is 5.33. The van der Waals surface area contributed by atoms with Crippen molar-refractivity contribution in [3.05, 3.63) is 23.8 Å². The molecule has 4 heteroatoms. The van der Waals surface area contributed by atoms with E-state index in [0.29, 0.717) is 17.9 Å². The number of carbonyl (C=O) groups is 1. The summed E-state index contributed by atoms with van der Waals surface area (Å²) in [5, 5.41) is 3.04. The Balaban J connectivity index is 2.50. The lowest BCUT2D eigenvalue weighted by Gasteiger charge is -2.14. The van der Waals surface area contributed by atoms with Crippen molar-refractivity contribution in [2.75, 3.05) is 14.2 Å². The second kappa shape index (κ2) is 9.27. The summed E-state index contributed by atoms with van der Waals surface area (Å²) >= 11 is 0. The van der Waals surface area contributed by atoms with Gasteiger partial charge in [0.1, 0.15) is 0 Å². The molecule has 0 radical (unpaired) electrons. The monoisotopic (exact) mass is 293 g/mol. The minimum Gasteiger partial charge on any atom is -0.493 e. The number of methoxy groups -OCH3 is 2. The number of hydrogen-bond donors (Lipinski definition) is 1. The second-order valence-electron chi connectivity index (χ2n) is 5.33. The number of amides is 1. The Kier molecular flexibility index (Phi) is 7.65. The Hall–Kier alpha value is -1.71. The standard InChI is InChI=1S/C17H27NO3/c1-5-6-7-8-13(2)18-17(19)12-14-9-10-15(20-3)16(11-14)21-4/h9-11,13H,5-8,12H2,1-4H3,(H,18,19). The topological polar surface area (TPSA) is 47.6 Å². The fraction of sp³-hybridized carbons (Fsp3) is 0.588. The van der Waals surface area contributed by atoms with E-state index in [1.165, 1.54) is 12.8 Å². The molecule has 0 heterocycles. The van der Waals surface area contributed by atoms with Crippen LogP contribution in [-0.4, -0.2) is 26.2 Å². The molecule has 1 amide bonds. The Bertz CT molecular complexity index is 446. The number of nitrogens with one attached hydrogen (secondary N) is 1. The summed E-state index contributed by atoms with van der Waals surface area (Å²) in [6.07, 6.45) is 4.97. The van der Waals surface area contributed by atoms with Crippen molar-refractivity contribution < 1.29 is 14.3 Å². The number of unbranched alkanes of at least 4 members (excludes halogenated alkanes) is 2. The lowest BCUT2D eigenvalue weighted by molar-refractivity contribution is -0.121. The largest absolute Gasteiger partial charge is 0.493 e. The van der Waals surface area contributed by atoms with Crippen LogP contribution < -0.4 is 14.8 Å². The van der Waals surface area contributed by atoms with Gasteiger partial charge in [0, 0.05) is 6.04 Å². The van der Waals surface area contributed by atoms with Gasteiger partial charge in [-0.05, 0) is 31.0 Å². The molecule has 0 spiro atoms. The van der Waals surface area contributed by atoms with E-state index < -0.39 is 0 Å². The van der Waals surface area contributed by atoms with Crippen LogP contribution in [0.5, 0.6) is 11.5 Å². The van der Waals surface area contributed by atoms with E-state index in [0.717, 1.165) is 18.4 Å². The van der Waals surface area contributed by atoms with Gasteiger partial charge in [-0.1, -0.05) is 32.3 Å². The Morgan fingerprint density at radius 2 is 1.90 bits per heavy atom. The summed E-state index contributed by atoms with van der Waals surface area (Å²) in [7, 11) is 3.19. The molecule has 0 fully saturated rings. The van der Waals surface area contributed by atoms with E-state index in [1.54, 1.807) is 14.2 Å². The predicted molar refractivity (Wildman–Crippen MR) is 85.0 cm³/mol. The van der Waals surface area contributed by atoms with Gasteiger partial charge in [-0.2, -0.15) is 0 Å². The van der Waals surface area contributed by atoms with Crippen LogP contribution in [0.1, 0.15) is 45.1 Å². The highest BCUT2D eigenvalue weighted by atomic mass is 16.5. The molecule has 0 aliphatic carbocycles. The summed E-state index contributed by atoms with van der Waals surface area (Å²) in [6.45, 7) is 4.24. The summed E-state index contributed by atoms with van der Waals surface area (Å²) in [6, 6.07) is 5.79. The molecule has 0 bridgehead atoms. The van der Waals surface area contributed by atoms with Crippen molar-refractivity contribution >= 4 is 5.91 Å². The first-order valence-electron chi connectivity index (χ1n) is 7.61. The number of rotatable bonds is 9. The molecule has 21 heavy (non-hydrogen) atoms. The molecule has 1 unspecified atom stereocenters. The van der Waals surface area contributed by atoms with E-state index in [1.807, 2.05) is 18.2 Å². The van der Waals surface area contributed by atoms with Gasteiger partial charge < -0.3 is 14.8 Å². The summed E-state index contributed by atoms with van der Waals surface area (Å²) < 4.78 is 10.4. The molecule has 0 saturated carbocycles. The number of ether oxygens (including phenoxy) is 2. The molecule has 0 saturated heterocycles. The molecule has 1 atom stereocenters. The van der Waals surface area contributed by atoms with Crippen LogP contribution in [0.15, 0.2) is 18.2 Å². The highest BCUT2D eigenvalue weighted by molar-refractivity contribution is 5.79. The summed E-state index contributed by atoms with van der Waals surface area (Å²) in [5.74, 6) is 1.37. The van der Waals surface area contributed by atoms with Crippen LogP contribution in [0.25, 0.3) is 0 Å². The Labute approximate surface area is 127 Å². The van der Waals surface area contributed by atoms with Gasteiger partial charge in [0.25, 0.3) is 0 Å². The molecule has 0 aliphatic rings. The van der Waals surface area contributed by atoms with Gasteiger partial charge in [-0.25, -0.2) is 0 Å². The highest BCUT2D eigenvalue weighted by Gasteiger charge is 2.10. The van der Waals surface area contributed by atoms with E-state index >= 15 is 0 Å². The van der Waals surface area contributed by atoms with Crippen LogP contribution in [0.2, 0.25) is 0 Å². The number of carbonyl (C=O) groups excluding carboxylic acids is 1. The quantitative estimate of drug-likeness (QED) is 0.710. The fourth-order valence-corrected chi connectivity index (χ4v) is 2.27. The van der Waals surface area contributed by atoms with E-state index in [9.17, 15) is 4.79 Å². The van der Waals surface area contributed by atoms with E-state index in [2.05, 4.69) is 19.2 Å². The van der Waals surface area contributed by atoms with Crippen LogP contribution >= 0.6 is 0 Å². The maximum absolute atomic E-state index is 12.0. The van der Waals surface area contributed by atoms with Crippen molar-refractivity contribution in [2.24, 2.45) is 0 Å². The molecule has 0 aliphatic heterocycles. The first-order chi connectivity index (χ1) is 10.1. The number of hydrogen-bond acceptors (Lipinski definition) is 3. The van der Waals surface area contributed by atoms with Crippen molar-refractivity contribution in [1.29, 1.82) is 0 Å². The highest BCUT2D eigenvalue weighted by Crippen LogP contribution is 2.27. The third-order valence-electron chi connectivity index (χ3n) is 3.46. The first-order valence-corrected chi connectivity index (χ1v) is 7.61. The molecule has 118 valence electrons. The molecule has 4 nitrogen and oxygen atoms in total. The maximum atomic E-state index is 12.0. The molecular weight excluding hydrogens is 266 g/mol. The van der Waals surface area contributed by atoms with Gasteiger partial charge >= 0.3 is 0 Å². The minimum atomic E-state index is 0.0474. The van der Waals surface area contributed by atoms with Crippen molar-refractivity contribution in [2.45, 2.75) is 52.0 Å². The third-order valence-corrected chi connectivity index (χ3v) is 3.46. The van der Waals surface area contributed by atoms with Crippen LogP contribution in [0, 0.1) is 0 Å². The maximum Gasteiger partial charge on any atom is 0.224 e. The molecule has 1 aromatic rings. The van der Waals surface area contributed by atoms with Gasteiger partial charge in [0.2, 0.25) is 5.91 Å². The minimum absolute atomic E-state index is 0.0474. The van der Waals surface area contributed by atoms with Crippen LogP contribution in [0.3, 0.4) is 0 Å². The zero-order valence-electron chi connectivity index (χ0n) is 13.6. The van der Waals surface area contributed by atoms with Crippen molar-refractivity contribution in [1.82, 2.24) is 5.32 Å². The third kappa shape index (κ3) is 6.06. The zero-order chi connectivity index (χ0) is 15.7. The molecular formula is C17H27NO3. The van der Waals surface area contributed by atoms with Crippen LogP contribution in [-0.2, 0) is 11.2 Å². The van der Waals surface area contributed by atoms with E-state index in [4.69, 9.17) is 9.47 Å². The molecule has 1 N–H and O–H groups in total. The van der Waals surface area contributed by atoms with Gasteiger partial charge in [0.05, 0.1) is 20.6 Å². The fourth-order valence-electron chi connectivity index (χ4n) is 2.27. The van der Waals surface area contributed by atoms with Gasteiger partial charge in [-0.3, -0.25) is 4.79 Å². The normalized spacial score (nSPS) is 11.8. The lowest BCUT2D eigenvalue weighted by atomic mass is 10.1. The van der Waals surface area contributed by atoms with Crippen molar-refractivity contribution in [3.8, 4) is 11.5 Å². The number of benzene rings is 1. The van der Waals surface area contributed by atoms with Gasteiger partial charge in [0.15, 0.2) is 11.5 Å². The summed E-state index contributed by atoms with van der Waals surface area (Å²) in [5.41, 5.74) is 0.922. The Morgan fingerprint density at radius 3 is 2.52 bits per heavy atom. The van der Waals surface area contributed by atoms with Crippen LogP contribution in [0.4, 0.5) is 0 Å². The molecule has 1 aromatic carbocycles. The van der Waals surface area contributed by atoms with Gasteiger partial charge in [-0.15, -0.1) is 0 Å². The lowest BCUT2D eigenvalue weighted by Crippen LogP contribution is -2.33.